The van der Waals surface area contributed by atoms with Gasteiger partial charge in [0, 0.05) is 24.5 Å². The molecule has 0 aliphatic carbocycles. The zero-order chi connectivity index (χ0) is 17.1. The first kappa shape index (κ1) is 17.0. The maximum Gasteiger partial charge on any atom is 0.357 e. The maximum absolute atomic E-state index is 12.0. The lowest BCUT2D eigenvalue weighted by atomic mass is 10.1. The van der Waals surface area contributed by atoms with Crippen molar-refractivity contribution in [2.45, 2.75) is 13.8 Å². The highest BCUT2D eigenvalue weighted by Crippen LogP contribution is 2.29. The van der Waals surface area contributed by atoms with Gasteiger partial charge in [0.15, 0.2) is 5.69 Å². The molecule has 0 fully saturated rings. The second-order valence-corrected chi connectivity index (χ2v) is 5.29. The minimum atomic E-state index is -0.576. The van der Waals surface area contributed by atoms with Crippen LogP contribution in [0.1, 0.15) is 33.5 Å². The minimum absolute atomic E-state index is 0.132. The molecule has 0 unspecified atom stereocenters. The summed E-state index contributed by atoms with van der Waals surface area (Å²) in [5, 5.41) is 0.379. The Morgan fingerprint density at radius 1 is 1.30 bits per heavy atom. The maximum atomic E-state index is 12.0. The van der Waals surface area contributed by atoms with E-state index < -0.39 is 11.9 Å². The number of carbonyl (C=O) groups is 2. The summed E-state index contributed by atoms with van der Waals surface area (Å²) < 4.78 is 11.6. The van der Waals surface area contributed by atoms with Crippen LogP contribution in [0.25, 0.3) is 11.3 Å². The molecule has 0 radical (unpaired) electrons. The molecule has 0 N–H and O–H groups in total. The Hall–Kier alpha value is -2.34. The molecule has 0 saturated carbocycles. The molecule has 0 saturated heterocycles. The highest BCUT2D eigenvalue weighted by molar-refractivity contribution is 6.30. The number of halogens is 1. The molecule has 0 aromatic carbocycles. The monoisotopic (exact) mass is 336 g/mol. The second kappa shape index (κ2) is 6.83. The van der Waals surface area contributed by atoms with Crippen LogP contribution in [-0.2, 0) is 16.5 Å². The molecule has 2 aromatic heterocycles. The Labute approximate surface area is 139 Å². The minimum Gasteiger partial charge on any atom is -0.464 e. The number of hydrogen-bond acceptors (Lipinski definition) is 5. The van der Waals surface area contributed by atoms with Gasteiger partial charge in [-0.05, 0) is 26.0 Å². The number of esters is 2. The molecule has 0 amide bonds. The summed E-state index contributed by atoms with van der Waals surface area (Å²) in [6.07, 6.45) is 1.37. The standard InChI is InChI=1S/C16H17ClN2O4/c1-5-23-15(20)11-7-13(19(3)9(11)2)12-6-10(17)8-18-14(12)16(21)22-4/h6-8H,5H2,1-4H3. The molecule has 2 rings (SSSR count). The fourth-order valence-electron chi connectivity index (χ4n) is 2.27. The van der Waals surface area contributed by atoms with Gasteiger partial charge in [-0.3, -0.25) is 0 Å². The number of nitrogens with zero attached hydrogens (tertiary/aromatic N) is 2. The van der Waals surface area contributed by atoms with E-state index in [0.717, 1.165) is 0 Å². The molecule has 7 heteroatoms. The van der Waals surface area contributed by atoms with Crippen molar-refractivity contribution in [2.24, 2.45) is 7.05 Å². The first-order chi connectivity index (χ1) is 10.9. The van der Waals surface area contributed by atoms with Crippen LogP contribution in [0.15, 0.2) is 18.3 Å². The van der Waals surface area contributed by atoms with Crippen LogP contribution in [0.4, 0.5) is 0 Å². The summed E-state index contributed by atoms with van der Waals surface area (Å²) in [7, 11) is 3.07. The molecular formula is C16H17ClN2O4. The summed E-state index contributed by atoms with van der Waals surface area (Å²) in [4.78, 5) is 28.0. The average Bonchev–Trinajstić information content (AvgIpc) is 2.83. The Bertz CT molecular complexity index is 768. The van der Waals surface area contributed by atoms with Gasteiger partial charge in [-0.15, -0.1) is 0 Å². The predicted molar refractivity (Wildman–Crippen MR) is 85.7 cm³/mol. The molecule has 2 heterocycles. The van der Waals surface area contributed by atoms with Crippen molar-refractivity contribution in [1.29, 1.82) is 0 Å². The number of pyridine rings is 1. The van der Waals surface area contributed by atoms with Crippen molar-refractivity contribution in [3.63, 3.8) is 0 Å². The van der Waals surface area contributed by atoms with Gasteiger partial charge in [-0.1, -0.05) is 11.6 Å². The van der Waals surface area contributed by atoms with Gasteiger partial charge in [-0.25, -0.2) is 14.6 Å². The van der Waals surface area contributed by atoms with Crippen LogP contribution >= 0.6 is 11.6 Å². The van der Waals surface area contributed by atoms with E-state index in [0.29, 0.717) is 27.5 Å². The smallest absolute Gasteiger partial charge is 0.357 e. The van der Waals surface area contributed by atoms with Gasteiger partial charge in [0.1, 0.15) is 0 Å². The lowest BCUT2D eigenvalue weighted by molar-refractivity contribution is 0.0524. The zero-order valence-electron chi connectivity index (χ0n) is 13.3. The molecular weight excluding hydrogens is 320 g/mol. The van der Waals surface area contributed by atoms with Crippen molar-refractivity contribution in [2.75, 3.05) is 13.7 Å². The van der Waals surface area contributed by atoms with Crippen LogP contribution in [0.5, 0.6) is 0 Å². The first-order valence-corrected chi connectivity index (χ1v) is 7.36. The van der Waals surface area contributed by atoms with Gasteiger partial charge < -0.3 is 14.0 Å². The van der Waals surface area contributed by atoms with Gasteiger partial charge >= 0.3 is 11.9 Å². The molecule has 0 aliphatic rings. The fourth-order valence-corrected chi connectivity index (χ4v) is 2.43. The van der Waals surface area contributed by atoms with E-state index >= 15 is 0 Å². The van der Waals surface area contributed by atoms with Gasteiger partial charge in [0.2, 0.25) is 0 Å². The quantitative estimate of drug-likeness (QED) is 0.803. The number of hydrogen-bond donors (Lipinski definition) is 0. The highest BCUT2D eigenvalue weighted by atomic mass is 35.5. The largest absolute Gasteiger partial charge is 0.464 e. The van der Waals surface area contributed by atoms with Gasteiger partial charge in [0.25, 0.3) is 0 Å². The second-order valence-electron chi connectivity index (χ2n) is 4.85. The van der Waals surface area contributed by atoms with E-state index in [1.165, 1.54) is 13.3 Å². The van der Waals surface area contributed by atoms with E-state index in [1.807, 2.05) is 0 Å². The fraction of sp³-hybridized carbons (Fsp3) is 0.312. The average molecular weight is 337 g/mol. The normalized spacial score (nSPS) is 10.5. The van der Waals surface area contributed by atoms with Crippen molar-refractivity contribution < 1.29 is 19.1 Å². The van der Waals surface area contributed by atoms with Crippen molar-refractivity contribution in [3.8, 4) is 11.3 Å². The Kier molecular flexibility index (Phi) is 5.05. The molecule has 122 valence electrons. The van der Waals surface area contributed by atoms with E-state index in [2.05, 4.69) is 4.98 Å². The molecule has 0 atom stereocenters. The molecule has 2 aromatic rings. The third kappa shape index (κ3) is 3.22. The number of rotatable bonds is 4. The van der Waals surface area contributed by atoms with E-state index in [1.54, 1.807) is 37.6 Å². The molecule has 23 heavy (non-hydrogen) atoms. The number of ether oxygens (including phenoxy) is 2. The number of carbonyl (C=O) groups excluding carboxylic acids is 2. The molecule has 6 nitrogen and oxygen atoms in total. The lowest BCUT2D eigenvalue weighted by Gasteiger charge is -2.09. The van der Waals surface area contributed by atoms with Crippen LogP contribution in [0, 0.1) is 6.92 Å². The van der Waals surface area contributed by atoms with Crippen molar-refractivity contribution in [1.82, 2.24) is 9.55 Å². The Balaban J connectivity index is 2.63. The van der Waals surface area contributed by atoms with Gasteiger partial charge in [0.05, 0.1) is 30.0 Å². The highest BCUT2D eigenvalue weighted by Gasteiger charge is 2.22. The van der Waals surface area contributed by atoms with Crippen LogP contribution < -0.4 is 0 Å². The zero-order valence-corrected chi connectivity index (χ0v) is 14.1. The van der Waals surface area contributed by atoms with Gasteiger partial charge in [-0.2, -0.15) is 0 Å². The summed E-state index contributed by atoms with van der Waals surface area (Å²) in [5.74, 6) is -0.991. The predicted octanol–water partition coefficient (Wildman–Crippen LogP) is 3.01. The van der Waals surface area contributed by atoms with Crippen LogP contribution in [-0.4, -0.2) is 35.2 Å². The van der Waals surface area contributed by atoms with Crippen LogP contribution in [0.2, 0.25) is 5.02 Å². The first-order valence-electron chi connectivity index (χ1n) is 6.98. The Morgan fingerprint density at radius 3 is 2.61 bits per heavy atom. The Morgan fingerprint density at radius 2 is 2.00 bits per heavy atom. The van der Waals surface area contributed by atoms with Crippen LogP contribution in [0.3, 0.4) is 0 Å². The lowest BCUT2D eigenvalue weighted by Crippen LogP contribution is -2.08. The summed E-state index contributed by atoms with van der Waals surface area (Å²) >= 11 is 6.01. The summed E-state index contributed by atoms with van der Waals surface area (Å²) in [6.45, 7) is 3.83. The van der Waals surface area contributed by atoms with E-state index in [9.17, 15) is 9.59 Å². The van der Waals surface area contributed by atoms with Crippen molar-refractivity contribution >= 4 is 23.5 Å². The van der Waals surface area contributed by atoms with Crippen molar-refractivity contribution in [3.05, 3.63) is 40.3 Å². The number of methoxy groups -OCH3 is 1. The molecule has 0 spiro atoms. The third-order valence-corrected chi connectivity index (χ3v) is 3.75. The topological polar surface area (TPSA) is 70.4 Å². The molecule has 0 bridgehead atoms. The third-order valence-electron chi connectivity index (χ3n) is 3.54. The number of aromatic nitrogens is 2. The summed E-state index contributed by atoms with van der Waals surface area (Å²) in [6, 6.07) is 3.28. The molecule has 0 aliphatic heterocycles. The van der Waals surface area contributed by atoms with E-state index in [-0.39, 0.29) is 12.3 Å². The SMILES string of the molecule is CCOC(=O)c1cc(-c2cc(Cl)cnc2C(=O)OC)n(C)c1C. The summed E-state index contributed by atoms with van der Waals surface area (Å²) in [5.41, 5.74) is 2.40. The van der Waals surface area contributed by atoms with E-state index in [4.69, 9.17) is 21.1 Å².